The summed E-state index contributed by atoms with van der Waals surface area (Å²) in [6, 6.07) is -2.45. The molecule has 100 valence electrons. The molecule has 0 spiro atoms. The van der Waals surface area contributed by atoms with Crippen LogP contribution in [0.2, 0.25) is 0 Å². The van der Waals surface area contributed by atoms with Crippen molar-refractivity contribution in [1.82, 2.24) is 0 Å². The molecule has 0 aromatic rings. The highest BCUT2D eigenvalue weighted by atomic mass is 16.4. The van der Waals surface area contributed by atoms with Crippen LogP contribution in [0.5, 0.6) is 0 Å². The average molecular weight is 252 g/mol. The van der Waals surface area contributed by atoms with Crippen molar-refractivity contribution in [2.24, 2.45) is 11.5 Å². The smallest absolute Gasteiger partial charge is 0.323 e. The van der Waals surface area contributed by atoms with Gasteiger partial charge in [0.05, 0.1) is 12.5 Å². The molecule has 0 amide bonds. The second kappa shape index (κ2) is 8.44. The Morgan fingerprint density at radius 2 is 1.47 bits per heavy atom. The maximum atomic E-state index is 9.86. The normalized spacial score (nSPS) is 14.8. The van der Waals surface area contributed by atoms with Gasteiger partial charge in [-0.3, -0.25) is 14.4 Å². The molecule has 0 saturated carbocycles. The molecule has 0 unspecified atom stereocenters. The van der Waals surface area contributed by atoms with Crippen molar-refractivity contribution in [2.45, 2.75) is 31.5 Å². The molecule has 0 fully saturated rings. The summed E-state index contributed by atoms with van der Waals surface area (Å²) in [4.78, 5) is 29.5. The molecular formula is C8H16N2O7. The first kappa shape index (κ1) is 17.7. The molecule has 0 bridgehead atoms. The minimum atomic E-state index is -1.29. The van der Waals surface area contributed by atoms with E-state index in [0.29, 0.717) is 0 Å². The van der Waals surface area contributed by atoms with E-state index in [4.69, 9.17) is 31.9 Å². The van der Waals surface area contributed by atoms with E-state index in [1.54, 1.807) is 0 Å². The highest BCUT2D eigenvalue weighted by molar-refractivity contribution is 5.80. The molecule has 9 heteroatoms. The molecule has 0 aliphatic rings. The summed E-state index contributed by atoms with van der Waals surface area (Å²) in [5, 5.41) is 32.6. The van der Waals surface area contributed by atoms with Crippen molar-refractivity contribution in [1.29, 1.82) is 0 Å². The number of aliphatic hydroxyl groups is 1. The first-order chi connectivity index (χ1) is 7.59. The Morgan fingerprint density at radius 1 is 1.06 bits per heavy atom. The van der Waals surface area contributed by atoms with Crippen LogP contribution < -0.4 is 11.5 Å². The van der Waals surface area contributed by atoms with Gasteiger partial charge in [-0.1, -0.05) is 0 Å². The molecule has 0 aliphatic heterocycles. The third kappa shape index (κ3) is 10.6. The van der Waals surface area contributed by atoms with Crippen LogP contribution in [0.3, 0.4) is 0 Å². The molecule has 0 radical (unpaired) electrons. The van der Waals surface area contributed by atoms with E-state index in [1.165, 1.54) is 6.92 Å². The second-order valence-electron chi connectivity index (χ2n) is 3.15. The van der Waals surface area contributed by atoms with Gasteiger partial charge >= 0.3 is 17.9 Å². The van der Waals surface area contributed by atoms with Crippen molar-refractivity contribution in [3.8, 4) is 0 Å². The molecule has 0 aliphatic carbocycles. The second-order valence-corrected chi connectivity index (χ2v) is 3.15. The van der Waals surface area contributed by atoms with E-state index in [1.807, 2.05) is 0 Å². The minimum absolute atomic E-state index is 0.532. The highest BCUT2D eigenvalue weighted by Crippen LogP contribution is 1.86. The van der Waals surface area contributed by atoms with Crippen molar-refractivity contribution in [2.75, 3.05) is 0 Å². The first-order valence-electron chi connectivity index (χ1n) is 4.46. The Hall–Kier alpha value is -1.71. The number of hydrogen-bond donors (Lipinski definition) is 6. The zero-order valence-corrected chi connectivity index (χ0v) is 9.11. The molecule has 3 atom stereocenters. The van der Waals surface area contributed by atoms with Gasteiger partial charge in [-0.05, 0) is 6.92 Å². The number of rotatable bonds is 5. The summed E-state index contributed by atoms with van der Waals surface area (Å²) in [5.74, 6) is -3.68. The SMILES string of the molecule is C[C@@H](O)[C@H](N)C(=O)O.N[C@@H](CC(=O)O)C(=O)O. The fourth-order valence-corrected chi connectivity index (χ4v) is 0.482. The summed E-state index contributed by atoms with van der Waals surface area (Å²) in [5.41, 5.74) is 9.75. The third-order valence-corrected chi connectivity index (χ3v) is 1.52. The fourth-order valence-electron chi connectivity index (χ4n) is 0.482. The minimum Gasteiger partial charge on any atom is -0.481 e. The fraction of sp³-hybridized carbons (Fsp3) is 0.625. The number of carboxylic acid groups (broad SMARTS) is 3. The van der Waals surface area contributed by atoms with E-state index in [-0.39, 0.29) is 0 Å². The first-order valence-corrected chi connectivity index (χ1v) is 4.46. The zero-order valence-electron chi connectivity index (χ0n) is 9.11. The number of carboxylic acids is 3. The van der Waals surface area contributed by atoms with Crippen molar-refractivity contribution in [3.63, 3.8) is 0 Å². The Balaban J connectivity index is 0. The van der Waals surface area contributed by atoms with Crippen molar-refractivity contribution >= 4 is 17.9 Å². The summed E-state index contributed by atoms with van der Waals surface area (Å²) in [6.45, 7) is 1.33. The van der Waals surface area contributed by atoms with Gasteiger partial charge in [0.15, 0.2) is 0 Å². The standard InChI is InChI=1S/C4H7NO4.C4H9NO3/c5-2(4(8)9)1-3(6)7;1-2(6)3(5)4(7)8/h2H,1,5H2,(H,6,7)(H,8,9);2-3,6H,5H2,1H3,(H,7,8)/t2-;2-,3+/m01/s1. The predicted molar refractivity (Wildman–Crippen MR) is 55.2 cm³/mol. The topological polar surface area (TPSA) is 184 Å². The van der Waals surface area contributed by atoms with Crippen LogP contribution in [0.4, 0.5) is 0 Å². The quantitative estimate of drug-likeness (QED) is 0.311. The molecule has 9 nitrogen and oxygen atoms in total. The molecule has 0 saturated heterocycles. The van der Waals surface area contributed by atoms with Gasteiger partial charge in [-0.25, -0.2) is 0 Å². The van der Waals surface area contributed by atoms with Gasteiger partial charge < -0.3 is 31.9 Å². The number of carbonyl (C=O) groups is 3. The largest absolute Gasteiger partial charge is 0.481 e. The summed E-state index contributed by atoms with van der Waals surface area (Å²) >= 11 is 0. The zero-order chi connectivity index (χ0) is 14.2. The maximum absolute atomic E-state index is 9.86. The molecule has 0 aromatic carbocycles. The summed E-state index contributed by atoms with van der Waals surface area (Å²) < 4.78 is 0. The number of aliphatic carboxylic acids is 3. The van der Waals surface area contributed by atoms with E-state index >= 15 is 0 Å². The van der Waals surface area contributed by atoms with Crippen LogP contribution in [0.15, 0.2) is 0 Å². The van der Waals surface area contributed by atoms with Gasteiger partial charge in [0.2, 0.25) is 0 Å². The van der Waals surface area contributed by atoms with Crippen molar-refractivity contribution < 1.29 is 34.8 Å². The third-order valence-electron chi connectivity index (χ3n) is 1.52. The van der Waals surface area contributed by atoms with Gasteiger partial charge in [-0.2, -0.15) is 0 Å². The van der Waals surface area contributed by atoms with E-state index < -0.39 is 42.5 Å². The van der Waals surface area contributed by atoms with E-state index in [2.05, 4.69) is 0 Å². The Kier molecular flexibility index (Phi) is 8.78. The van der Waals surface area contributed by atoms with E-state index in [9.17, 15) is 14.4 Å². The molecule has 0 rings (SSSR count). The monoisotopic (exact) mass is 252 g/mol. The maximum Gasteiger partial charge on any atom is 0.323 e. The van der Waals surface area contributed by atoms with Gasteiger partial charge in [0, 0.05) is 0 Å². The lowest BCUT2D eigenvalue weighted by Gasteiger charge is -2.06. The van der Waals surface area contributed by atoms with E-state index in [0.717, 1.165) is 0 Å². The van der Waals surface area contributed by atoms with Crippen LogP contribution in [-0.4, -0.2) is 56.5 Å². The Labute approximate surface area is 96.6 Å². The summed E-state index contributed by atoms with van der Waals surface area (Å²) in [7, 11) is 0. The molecule has 0 aromatic heterocycles. The molecule has 0 heterocycles. The van der Waals surface area contributed by atoms with Gasteiger partial charge in [-0.15, -0.1) is 0 Å². The predicted octanol–water partition coefficient (Wildman–Crippen LogP) is -2.35. The molecule has 8 N–H and O–H groups in total. The van der Waals surface area contributed by atoms with Crippen LogP contribution in [-0.2, 0) is 14.4 Å². The average Bonchev–Trinajstić information content (AvgIpc) is 2.15. The van der Waals surface area contributed by atoms with Crippen LogP contribution >= 0.6 is 0 Å². The van der Waals surface area contributed by atoms with Crippen molar-refractivity contribution in [3.05, 3.63) is 0 Å². The van der Waals surface area contributed by atoms with Crippen LogP contribution in [0.1, 0.15) is 13.3 Å². The lowest BCUT2D eigenvalue weighted by Crippen LogP contribution is -2.39. The number of aliphatic hydroxyl groups excluding tert-OH is 1. The number of hydrogen-bond acceptors (Lipinski definition) is 6. The Bertz CT molecular complexity index is 279. The number of nitrogens with two attached hydrogens (primary N) is 2. The van der Waals surface area contributed by atoms with Crippen LogP contribution in [0, 0.1) is 0 Å². The summed E-state index contributed by atoms with van der Waals surface area (Å²) in [6.07, 6.45) is -1.51. The lowest BCUT2D eigenvalue weighted by atomic mass is 10.2. The lowest BCUT2D eigenvalue weighted by molar-refractivity contribution is -0.144. The Morgan fingerprint density at radius 3 is 1.53 bits per heavy atom. The van der Waals surface area contributed by atoms with Gasteiger partial charge in [0.1, 0.15) is 12.1 Å². The highest BCUT2D eigenvalue weighted by Gasteiger charge is 2.16. The van der Waals surface area contributed by atoms with Crippen LogP contribution in [0.25, 0.3) is 0 Å². The molecular weight excluding hydrogens is 236 g/mol. The molecule has 17 heavy (non-hydrogen) atoms. The van der Waals surface area contributed by atoms with Gasteiger partial charge in [0.25, 0.3) is 0 Å².